The van der Waals surface area contributed by atoms with E-state index in [9.17, 15) is 15.0 Å². The molecular formula is C15H20O8. The molecule has 1 saturated heterocycles. The lowest BCUT2D eigenvalue weighted by Crippen LogP contribution is -2.51. The summed E-state index contributed by atoms with van der Waals surface area (Å²) in [6.45, 7) is -0.114. The average Bonchev–Trinajstić information content (AvgIpc) is 2.52. The van der Waals surface area contributed by atoms with Crippen LogP contribution in [0, 0.1) is 0 Å². The summed E-state index contributed by atoms with van der Waals surface area (Å²) in [5, 5.41) is 37.8. The third-order valence-electron chi connectivity index (χ3n) is 3.61. The zero-order valence-electron chi connectivity index (χ0n) is 12.6. The molecule has 0 radical (unpaired) electrons. The molecule has 1 aromatic rings. The third-order valence-corrected chi connectivity index (χ3v) is 3.61. The molecule has 0 spiro atoms. The number of benzene rings is 1. The van der Waals surface area contributed by atoms with Crippen molar-refractivity contribution in [2.45, 2.75) is 37.4 Å². The molecule has 4 atom stereocenters. The molecule has 0 aliphatic carbocycles. The Balaban J connectivity index is 2.17. The summed E-state index contributed by atoms with van der Waals surface area (Å²) >= 11 is 0. The maximum atomic E-state index is 11.0. The standard InChI is InChI=1S/C15H20O8/c1-21-12-6-8(14(19)20)2-3-11(12)23-15-13(18)10(17)7-9(22-15)4-5-16/h2-3,6,9-10,13,15-18H,4-5,7H2,1H3,(H,19,20)/t9-,10+,13-,15+/m1/s1. The summed E-state index contributed by atoms with van der Waals surface area (Å²) in [6, 6.07) is 4.01. The number of carbonyl (C=O) groups is 1. The van der Waals surface area contributed by atoms with E-state index in [1.165, 1.54) is 25.3 Å². The molecular weight excluding hydrogens is 308 g/mol. The van der Waals surface area contributed by atoms with Crippen LogP contribution >= 0.6 is 0 Å². The number of aliphatic hydroxyl groups is 3. The van der Waals surface area contributed by atoms with Gasteiger partial charge in [-0.2, -0.15) is 0 Å². The van der Waals surface area contributed by atoms with Crippen LogP contribution in [0.15, 0.2) is 18.2 Å². The van der Waals surface area contributed by atoms with Gasteiger partial charge in [0.15, 0.2) is 11.5 Å². The van der Waals surface area contributed by atoms with E-state index in [-0.39, 0.29) is 30.1 Å². The summed E-state index contributed by atoms with van der Waals surface area (Å²) in [6.07, 6.45) is -3.42. The molecule has 23 heavy (non-hydrogen) atoms. The number of carboxylic acid groups (broad SMARTS) is 1. The van der Waals surface area contributed by atoms with Crippen molar-refractivity contribution in [3.05, 3.63) is 23.8 Å². The highest BCUT2D eigenvalue weighted by Gasteiger charge is 2.38. The molecule has 1 aliphatic heterocycles. The summed E-state index contributed by atoms with van der Waals surface area (Å²) in [5.74, 6) is -0.764. The number of hydrogen-bond acceptors (Lipinski definition) is 7. The molecule has 0 saturated carbocycles. The molecule has 1 aromatic carbocycles. The van der Waals surface area contributed by atoms with Crippen LogP contribution in [0.4, 0.5) is 0 Å². The molecule has 1 heterocycles. The average molecular weight is 328 g/mol. The van der Waals surface area contributed by atoms with Crippen LogP contribution in [-0.4, -0.2) is 64.7 Å². The molecule has 0 unspecified atom stereocenters. The first-order valence-corrected chi connectivity index (χ1v) is 7.16. The van der Waals surface area contributed by atoms with Gasteiger partial charge in [-0.05, 0) is 24.6 Å². The molecule has 2 rings (SSSR count). The summed E-state index contributed by atoms with van der Waals surface area (Å²) in [4.78, 5) is 11.0. The van der Waals surface area contributed by atoms with Crippen LogP contribution in [0.1, 0.15) is 23.2 Å². The van der Waals surface area contributed by atoms with E-state index in [1.54, 1.807) is 0 Å². The normalized spacial score (nSPS) is 27.5. The van der Waals surface area contributed by atoms with Crippen molar-refractivity contribution in [3.63, 3.8) is 0 Å². The highest BCUT2D eigenvalue weighted by molar-refractivity contribution is 5.88. The van der Waals surface area contributed by atoms with Crippen LogP contribution in [-0.2, 0) is 4.74 Å². The first-order valence-electron chi connectivity index (χ1n) is 7.16. The van der Waals surface area contributed by atoms with Crippen molar-refractivity contribution in [1.29, 1.82) is 0 Å². The van der Waals surface area contributed by atoms with E-state index in [4.69, 9.17) is 24.4 Å². The number of ether oxygens (including phenoxy) is 3. The van der Waals surface area contributed by atoms with Gasteiger partial charge in [0.1, 0.15) is 6.10 Å². The van der Waals surface area contributed by atoms with Crippen LogP contribution < -0.4 is 9.47 Å². The van der Waals surface area contributed by atoms with E-state index in [0.717, 1.165) is 0 Å². The number of methoxy groups -OCH3 is 1. The van der Waals surface area contributed by atoms with Crippen molar-refractivity contribution in [2.75, 3.05) is 13.7 Å². The minimum Gasteiger partial charge on any atom is -0.493 e. The van der Waals surface area contributed by atoms with E-state index in [0.29, 0.717) is 6.42 Å². The van der Waals surface area contributed by atoms with E-state index < -0.39 is 30.6 Å². The third kappa shape index (κ3) is 4.11. The Labute approximate surface area is 132 Å². The fraction of sp³-hybridized carbons (Fsp3) is 0.533. The second-order valence-corrected chi connectivity index (χ2v) is 5.22. The Morgan fingerprint density at radius 2 is 2.09 bits per heavy atom. The van der Waals surface area contributed by atoms with Gasteiger partial charge in [-0.1, -0.05) is 0 Å². The molecule has 8 nitrogen and oxygen atoms in total. The van der Waals surface area contributed by atoms with Gasteiger partial charge in [0.2, 0.25) is 6.29 Å². The van der Waals surface area contributed by atoms with Gasteiger partial charge in [-0.25, -0.2) is 4.79 Å². The van der Waals surface area contributed by atoms with Crippen molar-refractivity contribution < 1.29 is 39.4 Å². The van der Waals surface area contributed by atoms with Crippen molar-refractivity contribution in [2.24, 2.45) is 0 Å². The number of carboxylic acids is 1. The fourth-order valence-corrected chi connectivity index (χ4v) is 2.37. The predicted molar refractivity (Wildman–Crippen MR) is 77.6 cm³/mol. The second-order valence-electron chi connectivity index (χ2n) is 5.22. The topological polar surface area (TPSA) is 126 Å². The van der Waals surface area contributed by atoms with Crippen molar-refractivity contribution >= 4 is 5.97 Å². The molecule has 128 valence electrons. The zero-order valence-corrected chi connectivity index (χ0v) is 12.6. The van der Waals surface area contributed by atoms with E-state index in [1.807, 2.05) is 0 Å². The van der Waals surface area contributed by atoms with Gasteiger partial charge in [0.25, 0.3) is 0 Å². The highest BCUT2D eigenvalue weighted by atomic mass is 16.7. The van der Waals surface area contributed by atoms with Crippen LogP contribution in [0.3, 0.4) is 0 Å². The minimum atomic E-state index is -1.27. The maximum absolute atomic E-state index is 11.0. The SMILES string of the molecule is COc1cc(C(=O)O)ccc1O[C@@H]1O[C@H](CCO)C[C@H](O)[C@H]1O. The predicted octanol–water partition coefficient (Wildman–Crippen LogP) is -0.00860. The van der Waals surface area contributed by atoms with Crippen LogP contribution in [0.5, 0.6) is 11.5 Å². The van der Waals surface area contributed by atoms with E-state index in [2.05, 4.69) is 0 Å². The Hall–Kier alpha value is -1.87. The summed E-state index contributed by atoms with van der Waals surface area (Å²) < 4.78 is 16.2. The van der Waals surface area contributed by atoms with Gasteiger partial charge in [0.05, 0.1) is 24.9 Å². The largest absolute Gasteiger partial charge is 0.493 e. The molecule has 1 fully saturated rings. The lowest BCUT2D eigenvalue weighted by molar-refractivity contribution is -0.237. The summed E-state index contributed by atoms with van der Waals surface area (Å²) in [7, 11) is 1.36. The number of hydrogen-bond donors (Lipinski definition) is 4. The molecule has 1 aliphatic rings. The first-order chi connectivity index (χ1) is 11.0. The van der Waals surface area contributed by atoms with Crippen LogP contribution in [0.2, 0.25) is 0 Å². The highest BCUT2D eigenvalue weighted by Crippen LogP contribution is 2.32. The molecule has 4 N–H and O–H groups in total. The Kier molecular flexibility index (Phi) is 5.78. The Bertz CT molecular complexity index is 546. The molecule has 8 heteroatoms. The lowest BCUT2D eigenvalue weighted by atomic mass is 10.0. The monoisotopic (exact) mass is 328 g/mol. The van der Waals surface area contributed by atoms with Crippen molar-refractivity contribution in [1.82, 2.24) is 0 Å². The Morgan fingerprint density at radius 1 is 1.35 bits per heavy atom. The fourth-order valence-electron chi connectivity index (χ4n) is 2.37. The van der Waals surface area contributed by atoms with E-state index >= 15 is 0 Å². The first kappa shape index (κ1) is 17.5. The molecule has 0 bridgehead atoms. The smallest absolute Gasteiger partial charge is 0.335 e. The van der Waals surface area contributed by atoms with Crippen molar-refractivity contribution in [3.8, 4) is 11.5 Å². The van der Waals surface area contributed by atoms with Gasteiger partial charge >= 0.3 is 5.97 Å². The quantitative estimate of drug-likeness (QED) is 0.574. The van der Waals surface area contributed by atoms with Crippen LogP contribution in [0.25, 0.3) is 0 Å². The minimum absolute atomic E-state index is 0.0255. The molecule has 0 amide bonds. The van der Waals surface area contributed by atoms with Gasteiger partial charge < -0.3 is 34.6 Å². The number of aliphatic hydroxyl groups excluding tert-OH is 3. The van der Waals surface area contributed by atoms with Gasteiger partial charge in [0, 0.05) is 13.0 Å². The summed E-state index contributed by atoms with van der Waals surface area (Å²) in [5.41, 5.74) is 0.0255. The zero-order chi connectivity index (χ0) is 17.0. The van der Waals surface area contributed by atoms with Gasteiger partial charge in [-0.3, -0.25) is 0 Å². The van der Waals surface area contributed by atoms with Gasteiger partial charge in [-0.15, -0.1) is 0 Å². The number of aromatic carboxylic acids is 1. The maximum Gasteiger partial charge on any atom is 0.335 e. The Morgan fingerprint density at radius 3 is 2.70 bits per heavy atom. The second kappa shape index (κ2) is 7.60. The molecule has 0 aromatic heterocycles. The number of rotatable bonds is 6. The lowest BCUT2D eigenvalue weighted by Gasteiger charge is -2.36.